The molecule has 0 unspecified atom stereocenters. The zero-order valence-electron chi connectivity index (χ0n) is 11.9. The second-order valence-electron chi connectivity index (χ2n) is 1.58. The van der Waals surface area contributed by atoms with Gasteiger partial charge < -0.3 is 6.42 Å². The van der Waals surface area contributed by atoms with Gasteiger partial charge in [-0.25, -0.2) is 0 Å². The molecule has 0 spiro atoms. The summed E-state index contributed by atoms with van der Waals surface area (Å²) in [4.78, 5) is 0. The van der Waals surface area contributed by atoms with E-state index >= 15 is 0 Å². The molecule has 0 N–H and O–H groups in total. The Morgan fingerprint density at radius 3 is 0.733 bits per heavy atom. The van der Waals surface area contributed by atoms with E-state index in [-0.39, 0.29) is 113 Å². The molecule has 0 aliphatic rings. The maximum absolute atomic E-state index is 2.17. The van der Waals surface area contributed by atoms with Gasteiger partial charge in [-0.05, 0) is 0 Å². The third-order valence-corrected chi connectivity index (χ3v) is 0.667. The van der Waals surface area contributed by atoms with Gasteiger partial charge in [0.05, 0.1) is 0 Å². The van der Waals surface area contributed by atoms with Crippen LogP contribution >= 0.6 is 0 Å². The molecule has 0 fully saturated rings. The van der Waals surface area contributed by atoms with Gasteiger partial charge in [-0.3, -0.25) is 0 Å². The Labute approximate surface area is 184 Å². The van der Waals surface area contributed by atoms with Crippen molar-refractivity contribution in [3.05, 3.63) is 6.42 Å². The molecule has 0 aromatic carbocycles. The second kappa shape index (κ2) is 90.9. The van der Waals surface area contributed by atoms with Crippen LogP contribution in [0, 0.1) is 126 Å². The van der Waals surface area contributed by atoms with Gasteiger partial charge in [0.15, 0.2) is 0 Å². The average molecular weight is 548 g/mol. The first-order valence-electron chi connectivity index (χ1n) is 5.07. The van der Waals surface area contributed by atoms with E-state index in [4.69, 9.17) is 0 Å². The van der Waals surface area contributed by atoms with E-state index in [1.807, 2.05) is 41.5 Å². The van der Waals surface area contributed by atoms with Crippen molar-refractivity contribution in [3.8, 4) is 0 Å². The van der Waals surface area contributed by atoms with Crippen molar-refractivity contribution in [2.75, 3.05) is 0 Å². The third kappa shape index (κ3) is 160. The van der Waals surface area contributed by atoms with Crippen LogP contribution in [0.5, 0.6) is 0 Å². The summed E-state index contributed by atoms with van der Waals surface area (Å²) in [6.07, 6.45) is 2.17. The van der Waals surface area contributed by atoms with Crippen molar-refractivity contribution in [3.63, 3.8) is 0 Å². The molecule has 0 aliphatic carbocycles. The van der Waals surface area contributed by atoms with Crippen molar-refractivity contribution in [2.45, 2.75) is 62.3 Å². The van der Waals surface area contributed by atoms with Crippen LogP contribution in [0.3, 0.4) is 0 Å². The molecule has 0 radical (unpaired) electrons. The molecule has 4 heteroatoms. The van der Waals surface area contributed by atoms with Crippen LogP contribution in [0.4, 0.5) is 0 Å². The van der Waals surface area contributed by atoms with Crippen molar-refractivity contribution >= 4 is 0 Å². The van der Waals surface area contributed by atoms with E-state index in [0.29, 0.717) is 0 Å². The van der Waals surface area contributed by atoms with Crippen molar-refractivity contribution in [1.82, 2.24) is 0 Å². The van der Waals surface area contributed by atoms with Gasteiger partial charge in [-0.15, -0.1) is 0 Å². The standard InChI is InChI=1S/C5H11.3C2H6.3Ar.Rf/c1-4-5(2)3;3*1-2;;;;/h4-5H,1-3H3;3*1-2H3;;;;/q-1;;;;;;;. The molecule has 0 aromatic rings. The van der Waals surface area contributed by atoms with Crippen molar-refractivity contribution in [2.24, 2.45) is 5.92 Å². The molecule has 15 heavy (non-hydrogen) atoms. The Bertz CT molecular complexity index is 29.8. The van der Waals surface area contributed by atoms with Crippen LogP contribution in [-0.4, -0.2) is 0 Å². The molecule has 0 aliphatic heterocycles. The zero-order valence-corrected chi connectivity index (χ0v) is 20.4. The van der Waals surface area contributed by atoms with Crippen LogP contribution < -0.4 is 0 Å². The normalized spacial score (nSPS) is 4.40. The van der Waals surface area contributed by atoms with Gasteiger partial charge in [-0.1, -0.05) is 55.4 Å². The average Bonchev–Trinajstić information content (AvgIpc) is 2.15. The van der Waals surface area contributed by atoms with Crippen LogP contribution in [0.25, 0.3) is 0 Å². The topological polar surface area (TPSA) is 0 Å². The summed E-state index contributed by atoms with van der Waals surface area (Å²) in [7, 11) is 0. The van der Waals surface area contributed by atoms with Gasteiger partial charge in [-0.2, -0.15) is 12.8 Å². The van der Waals surface area contributed by atoms with Gasteiger partial charge in [0.2, 0.25) is 0 Å². The monoisotopic (exact) mass is 548 g/mol. The SMILES string of the molecule is CC.CC.CC.C[CH-]C(C)C.[Ar].[Ar].[Ar].[Rf]. The third-order valence-electron chi connectivity index (χ3n) is 0.667. The largest absolute Gasteiger partial charge is 0.329 e. The fourth-order valence-electron chi connectivity index (χ4n) is 0. The maximum atomic E-state index is 2.17. The molecule has 0 amide bonds. The van der Waals surface area contributed by atoms with Gasteiger partial charge >= 0.3 is 0 Å². The summed E-state index contributed by atoms with van der Waals surface area (Å²) in [5.74, 6) is 0.759. The fraction of sp³-hybridized carbons (Fsp3) is 0.909. The van der Waals surface area contributed by atoms with Crippen LogP contribution in [0.15, 0.2) is 0 Å². The van der Waals surface area contributed by atoms with E-state index < -0.39 is 0 Å². The summed E-state index contributed by atoms with van der Waals surface area (Å²) < 4.78 is 0. The number of rotatable bonds is 1. The first-order chi connectivity index (χ1) is 5.27. The molecular formula is C11H29Ar3Rf-. The molecule has 0 saturated carbocycles. The Hall–Kier alpha value is 2.78. The van der Waals surface area contributed by atoms with Gasteiger partial charge in [0.1, 0.15) is 0 Å². The van der Waals surface area contributed by atoms with Crippen molar-refractivity contribution < 1.29 is 113 Å². The smallest absolute Gasteiger partial charge is 0 e. The summed E-state index contributed by atoms with van der Waals surface area (Å²) in [5, 5.41) is 0. The minimum atomic E-state index is 0. The quantitative estimate of drug-likeness (QED) is 0.408. The molecular weight excluding hydrogens is 519 g/mol. The molecule has 0 rings (SSSR count). The Morgan fingerprint density at radius 2 is 0.733 bits per heavy atom. The predicted molar refractivity (Wildman–Crippen MR) is 58.9 cm³/mol. The first-order valence-corrected chi connectivity index (χ1v) is 5.07. The van der Waals surface area contributed by atoms with Crippen molar-refractivity contribution in [1.29, 1.82) is 0 Å². The summed E-state index contributed by atoms with van der Waals surface area (Å²) in [6, 6.07) is 0. The first kappa shape index (κ1) is 52.3. The fourth-order valence-corrected chi connectivity index (χ4v) is 0. The molecule has 100 valence electrons. The molecule has 0 nitrogen and oxygen atoms in total. The second-order valence-corrected chi connectivity index (χ2v) is 1.58. The van der Waals surface area contributed by atoms with E-state index in [1.165, 1.54) is 0 Å². The van der Waals surface area contributed by atoms with Gasteiger partial charge in [0.25, 0.3) is 0 Å². The van der Waals surface area contributed by atoms with Crippen LogP contribution in [-0.2, 0) is 0 Å². The van der Waals surface area contributed by atoms with E-state index in [1.54, 1.807) is 0 Å². The number of hydrogen-bond acceptors (Lipinski definition) is 0. The summed E-state index contributed by atoms with van der Waals surface area (Å²) in [6.45, 7) is 18.4. The molecule has 0 bridgehead atoms. The minimum absolute atomic E-state index is 0. The van der Waals surface area contributed by atoms with Crippen LogP contribution in [0.1, 0.15) is 62.3 Å². The van der Waals surface area contributed by atoms with E-state index in [9.17, 15) is 0 Å². The zero-order chi connectivity index (χ0) is 10.3. The van der Waals surface area contributed by atoms with E-state index in [0.717, 1.165) is 5.92 Å². The molecule has 0 aromatic heterocycles. The molecule has 0 saturated heterocycles. The Morgan fingerprint density at radius 1 is 0.667 bits per heavy atom. The predicted octanol–water partition coefficient (Wildman–Crippen LogP) is 4.95. The molecule has 0 heterocycles. The minimum Gasteiger partial charge on any atom is -0.329 e. The molecule has 0 atom stereocenters. The summed E-state index contributed by atoms with van der Waals surface area (Å²) in [5.41, 5.74) is 0. The van der Waals surface area contributed by atoms with E-state index in [2.05, 4.69) is 27.2 Å². The summed E-state index contributed by atoms with van der Waals surface area (Å²) >= 11 is 0. The number of hydrogen-bond donors (Lipinski definition) is 0. The van der Waals surface area contributed by atoms with Crippen LogP contribution in [0.2, 0.25) is 0 Å². The maximum Gasteiger partial charge on any atom is 0 e. The Kier molecular flexibility index (Phi) is 317. The Balaban J connectivity index is -0.00000000736. The van der Waals surface area contributed by atoms with Gasteiger partial charge in [0, 0.05) is 113 Å².